The van der Waals surface area contributed by atoms with Gasteiger partial charge in [-0.1, -0.05) is 258 Å². The zero-order chi connectivity index (χ0) is 35.8. The molecule has 0 rings (SSSR count). The van der Waals surface area contributed by atoms with Crippen LogP contribution in [0.1, 0.15) is 284 Å². The molecule has 2 N–H and O–H groups in total. The number of aliphatic hydroxyl groups is 1. The molecule has 3 nitrogen and oxygen atoms in total. The fraction of sp³-hybridized carbons (Fsp3) is 0.978. The van der Waals surface area contributed by atoms with Crippen LogP contribution in [0, 0.1) is 0 Å². The Kier molecular flexibility index (Phi) is 39.7. The molecule has 0 spiro atoms. The summed E-state index contributed by atoms with van der Waals surface area (Å²) in [5.41, 5.74) is -1.51. The van der Waals surface area contributed by atoms with Crippen LogP contribution in [0.5, 0.6) is 0 Å². The van der Waals surface area contributed by atoms with Gasteiger partial charge in [0.2, 0.25) is 0 Å². The van der Waals surface area contributed by atoms with Crippen LogP contribution in [-0.2, 0) is 4.79 Å². The average molecular weight is 693 g/mol. The van der Waals surface area contributed by atoms with Gasteiger partial charge in [0.1, 0.15) is 0 Å². The van der Waals surface area contributed by atoms with Gasteiger partial charge in [0.15, 0.2) is 5.60 Å². The van der Waals surface area contributed by atoms with E-state index in [4.69, 9.17) is 0 Å². The molecule has 0 heterocycles. The maximum Gasteiger partial charge on any atom is 0.335 e. The van der Waals surface area contributed by atoms with E-state index in [0.29, 0.717) is 12.8 Å². The van der Waals surface area contributed by atoms with E-state index in [1.54, 1.807) is 0 Å². The molecule has 0 amide bonds. The first-order valence-corrected chi connectivity index (χ1v) is 23.0. The number of hydrogen-bond acceptors (Lipinski definition) is 2. The summed E-state index contributed by atoms with van der Waals surface area (Å²) in [5, 5.41) is 20.4. The first-order chi connectivity index (χ1) is 24.1. The Hall–Kier alpha value is -0.570. The van der Waals surface area contributed by atoms with E-state index in [1.807, 2.05) is 0 Å². The van der Waals surface area contributed by atoms with Gasteiger partial charge in [-0.2, -0.15) is 0 Å². The number of hydrogen-bond donors (Lipinski definition) is 2. The van der Waals surface area contributed by atoms with Crippen LogP contribution in [0.2, 0.25) is 0 Å². The smallest absolute Gasteiger partial charge is 0.335 e. The summed E-state index contributed by atoms with van der Waals surface area (Å²) in [6, 6.07) is 0. The molecule has 0 aliphatic heterocycles. The summed E-state index contributed by atoms with van der Waals surface area (Å²) in [5.74, 6) is -1.01. The molecule has 0 aromatic rings. The Morgan fingerprint density at radius 1 is 0.306 bits per heavy atom. The van der Waals surface area contributed by atoms with Crippen LogP contribution in [0.25, 0.3) is 0 Å². The molecule has 0 aliphatic carbocycles. The van der Waals surface area contributed by atoms with Gasteiger partial charge in [-0.3, -0.25) is 0 Å². The number of carboxylic acid groups (broad SMARTS) is 1. The van der Waals surface area contributed by atoms with Gasteiger partial charge in [-0.25, -0.2) is 4.79 Å². The summed E-state index contributed by atoms with van der Waals surface area (Å²) in [6.45, 7) is 4.57. The minimum atomic E-state index is -1.51. The minimum Gasteiger partial charge on any atom is -0.479 e. The van der Waals surface area contributed by atoms with Gasteiger partial charge >= 0.3 is 5.97 Å². The van der Waals surface area contributed by atoms with Crippen molar-refractivity contribution >= 4 is 5.97 Å². The molecule has 1 unspecified atom stereocenters. The molecular formula is C46H92O3. The number of carboxylic acids is 1. The van der Waals surface area contributed by atoms with Gasteiger partial charge in [0.05, 0.1) is 0 Å². The maximum atomic E-state index is 11.8. The predicted molar refractivity (Wildman–Crippen MR) is 218 cm³/mol. The van der Waals surface area contributed by atoms with E-state index in [1.165, 1.54) is 231 Å². The molecule has 0 aromatic heterocycles. The van der Waals surface area contributed by atoms with E-state index < -0.39 is 11.6 Å². The highest BCUT2D eigenvalue weighted by molar-refractivity contribution is 5.76. The van der Waals surface area contributed by atoms with Crippen molar-refractivity contribution in [1.29, 1.82) is 0 Å². The van der Waals surface area contributed by atoms with Crippen molar-refractivity contribution < 1.29 is 15.0 Å². The Labute approximate surface area is 309 Å². The second-order valence-electron chi connectivity index (χ2n) is 16.3. The van der Waals surface area contributed by atoms with Crippen molar-refractivity contribution in [3.05, 3.63) is 0 Å². The fourth-order valence-corrected chi connectivity index (χ4v) is 7.68. The van der Waals surface area contributed by atoms with Gasteiger partial charge < -0.3 is 10.2 Å². The van der Waals surface area contributed by atoms with Crippen LogP contribution in [0.4, 0.5) is 0 Å². The lowest BCUT2D eigenvalue weighted by atomic mass is 9.89. The van der Waals surface area contributed by atoms with Crippen molar-refractivity contribution in [2.45, 2.75) is 289 Å². The number of rotatable bonds is 43. The van der Waals surface area contributed by atoms with Crippen molar-refractivity contribution in [1.82, 2.24) is 0 Å². The molecule has 294 valence electrons. The van der Waals surface area contributed by atoms with E-state index in [-0.39, 0.29) is 0 Å². The normalized spacial score (nSPS) is 12.9. The lowest BCUT2D eigenvalue weighted by Gasteiger charge is -2.23. The number of aliphatic carboxylic acids is 1. The van der Waals surface area contributed by atoms with Crippen molar-refractivity contribution in [2.75, 3.05) is 0 Å². The number of carbonyl (C=O) groups is 1. The third-order valence-corrected chi connectivity index (χ3v) is 11.3. The minimum absolute atomic E-state index is 0.416. The van der Waals surface area contributed by atoms with E-state index in [2.05, 4.69) is 13.8 Å². The highest BCUT2D eigenvalue weighted by atomic mass is 16.4. The molecular weight excluding hydrogens is 601 g/mol. The van der Waals surface area contributed by atoms with Crippen LogP contribution in [-0.4, -0.2) is 21.8 Å². The highest BCUT2D eigenvalue weighted by Gasteiger charge is 2.34. The van der Waals surface area contributed by atoms with Crippen LogP contribution in [0.3, 0.4) is 0 Å². The van der Waals surface area contributed by atoms with Crippen molar-refractivity contribution in [3.63, 3.8) is 0 Å². The summed E-state index contributed by atoms with van der Waals surface area (Å²) in [4.78, 5) is 11.8. The quantitative estimate of drug-likeness (QED) is 0.0625. The fourth-order valence-electron chi connectivity index (χ4n) is 7.68. The summed E-state index contributed by atoms with van der Waals surface area (Å²) >= 11 is 0. The number of unbranched alkanes of at least 4 members (excludes halogenated alkanes) is 38. The molecule has 0 radical (unpaired) electrons. The Balaban J connectivity index is 3.41. The SMILES string of the molecule is CCCCCCCCCCCCCCCCCCCCCCCCCCCCC(O)(CCCCCCCCCCCCCCCC)C(=O)O. The predicted octanol–water partition coefficient (Wildman–Crippen LogP) is 16.2. The second-order valence-corrected chi connectivity index (χ2v) is 16.3. The molecule has 1 atom stereocenters. The first kappa shape index (κ1) is 48.4. The maximum absolute atomic E-state index is 11.8. The standard InChI is InChI=1S/C46H92O3/c1-3-5-7-9-11-13-15-17-19-20-21-22-23-24-25-26-27-28-29-30-32-34-36-38-40-42-44-46(49,45(47)48)43-41-39-37-35-33-31-18-16-14-12-10-8-6-4-2/h49H,3-44H2,1-2H3,(H,47,48). The van der Waals surface area contributed by atoms with Crippen molar-refractivity contribution in [2.24, 2.45) is 0 Å². The monoisotopic (exact) mass is 693 g/mol. The molecule has 0 fully saturated rings. The van der Waals surface area contributed by atoms with Gasteiger partial charge in [0, 0.05) is 0 Å². The van der Waals surface area contributed by atoms with E-state index in [0.717, 1.165) is 25.7 Å². The van der Waals surface area contributed by atoms with Gasteiger partial charge in [-0.05, 0) is 25.7 Å². The lowest BCUT2D eigenvalue weighted by molar-refractivity contribution is -0.160. The van der Waals surface area contributed by atoms with Crippen LogP contribution in [0.15, 0.2) is 0 Å². The lowest BCUT2D eigenvalue weighted by Crippen LogP contribution is -2.38. The average Bonchev–Trinajstić information content (AvgIpc) is 3.09. The second kappa shape index (κ2) is 40.2. The first-order valence-electron chi connectivity index (χ1n) is 23.0. The zero-order valence-corrected chi connectivity index (χ0v) is 34.0. The molecule has 3 heteroatoms. The van der Waals surface area contributed by atoms with Crippen molar-refractivity contribution in [3.8, 4) is 0 Å². The molecule has 49 heavy (non-hydrogen) atoms. The Morgan fingerprint density at radius 3 is 0.592 bits per heavy atom. The molecule has 0 aromatic carbocycles. The highest BCUT2D eigenvalue weighted by Crippen LogP contribution is 2.24. The van der Waals surface area contributed by atoms with E-state index in [9.17, 15) is 15.0 Å². The molecule has 0 saturated carbocycles. The molecule has 0 aliphatic rings. The summed E-state index contributed by atoms with van der Waals surface area (Å²) < 4.78 is 0. The summed E-state index contributed by atoms with van der Waals surface area (Å²) in [6.07, 6.45) is 54.6. The molecule has 0 bridgehead atoms. The third kappa shape index (κ3) is 37.0. The largest absolute Gasteiger partial charge is 0.479 e. The zero-order valence-electron chi connectivity index (χ0n) is 34.0. The van der Waals surface area contributed by atoms with Crippen LogP contribution >= 0.6 is 0 Å². The van der Waals surface area contributed by atoms with E-state index >= 15 is 0 Å². The van der Waals surface area contributed by atoms with Gasteiger partial charge in [-0.15, -0.1) is 0 Å². The van der Waals surface area contributed by atoms with Gasteiger partial charge in [0.25, 0.3) is 0 Å². The Morgan fingerprint density at radius 2 is 0.449 bits per heavy atom. The third-order valence-electron chi connectivity index (χ3n) is 11.3. The topological polar surface area (TPSA) is 57.5 Å². The Bertz CT molecular complexity index is 634. The summed E-state index contributed by atoms with van der Waals surface area (Å²) in [7, 11) is 0. The van der Waals surface area contributed by atoms with Crippen LogP contribution < -0.4 is 0 Å². The molecule has 0 saturated heterocycles.